The van der Waals surface area contributed by atoms with Gasteiger partial charge in [-0.1, -0.05) is 18.2 Å². The second kappa shape index (κ2) is 27.7. The summed E-state index contributed by atoms with van der Waals surface area (Å²) in [5, 5.41) is 5.98. The van der Waals surface area contributed by atoms with Crippen molar-refractivity contribution < 1.29 is 9.13 Å². The van der Waals surface area contributed by atoms with Crippen LogP contribution in [0.15, 0.2) is 147 Å². The van der Waals surface area contributed by atoms with E-state index in [1.165, 1.54) is 0 Å². The summed E-state index contributed by atoms with van der Waals surface area (Å²) >= 11 is 4.77. The maximum Gasteiger partial charge on any atom is 0.251 e. The van der Waals surface area contributed by atoms with Crippen molar-refractivity contribution in [2.45, 2.75) is 75.9 Å². The van der Waals surface area contributed by atoms with E-state index in [9.17, 15) is 18.8 Å². The van der Waals surface area contributed by atoms with E-state index in [4.69, 9.17) is 19.7 Å². The zero-order chi connectivity index (χ0) is 59.5. The Morgan fingerprint density at radius 2 is 0.966 bits per heavy atom. The minimum Gasteiger partial charge on any atom is -0.494 e. The third kappa shape index (κ3) is 15.2. The molecule has 23 nitrogen and oxygen atoms in total. The number of halogens is 1. The van der Waals surface area contributed by atoms with Crippen molar-refractivity contribution in [1.29, 1.82) is 0 Å². The van der Waals surface area contributed by atoms with Crippen LogP contribution in [0, 0.1) is 5.82 Å². The van der Waals surface area contributed by atoms with Crippen molar-refractivity contribution in [2.75, 3.05) is 46.4 Å². The van der Waals surface area contributed by atoms with Crippen LogP contribution in [0.1, 0.15) is 90.8 Å². The van der Waals surface area contributed by atoms with E-state index in [0.717, 1.165) is 163 Å². The van der Waals surface area contributed by atoms with Crippen LogP contribution < -0.4 is 21.4 Å². The summed E-state index contributed by atoms with van der Waals surface area (Å²) in [5.74, 6) is 3.98. The SMILES string of the molecule is COc1cnc(-n2cnc(CN3CCCC(c4nc(-c5cccs5)cc(=O)[nH]4)C3)c2)nc1.O=c1cc(-c2cccs2)nc(C2CCCN(Cc3cn(-c4ncc(F)cn4)cn3)C2)[nH]1.O=c1cc(-c2cccs2)nc(C2CCCN(Cc3cnc[nH]3)C2)[nH]1. The van der Waals surface area contributed by atoms with Gasteiger partial charge in [-0.15, -0.1) is 34.0 Å². The van der Waals surface area contributed by atoms with Crippen LogP contribution in [-0.4, -0.2) is 140 Å². The van der Waals surface area contributed by atoms with Crippen molar-refractivity contribution in [3.8, 4) is 49.4 Å². The number of nitrogens with one attached hydrogen (secondary N) is 4. The lowest BCUT2D eigenvalue weighted by Gasteiger charge is -2.31. The number of ether oxygens (including phenoxy) is 1. The molecule has 3 unspecified atom stereocenters. The maximum absolute atomic E-state index is 13.0. The van der Waals surface area contributed by atoms with E-state index in [1.54, 1.807) is 99.8 Å². The van der Waals surface area contributed by atoms with Gasteiger partial charge in [-0.2, -0.15) is 0 Å². The van der Waals surface area contributed by atoms with Crippen LogP contribution >= 0.6 is 34.0 Å². The number of nitrogens with zero attached hydrogens (tertiary/aromatic N) is 15. The van der Waals surface area contributed by atoms with Gasteiger partial charge in [0.15, 0.2) is 11.6 Å². The molecule has 87 heavy (non-hydrogen) atoms. The first-order valence-electron chi connectivity index (χ1n) is 28.6. The highest BCUT2D eigenvalue weighted by atomic mass is 32.1. The number of hydrogen-bond acceptors (Lipinski definition) is 20. The Morgan fingerprint density at radius 1 is 0.552 bits per heavy atom. The molecular weight excluding hydrogens is 1170 g/mol. The molecule has 11 aromatic heterocycles. The molecule has 14 heterocycles. The molecule has 0 radical (unpaired) electrons. The molecular formula is C60H62FN19O4S3. The molecule has 3 fully saturated rings. The molecule has 11 aromatic rings. The van der Waals surface area contributed by atoms with E-state index in [-0.39, 0.29) is 34.4 Å². The number of imidazole rings is 3. The largest absolute Gasteiger partial charge is 0.494 e. The topological polar surface area (TPSA) is 272 Å². The van der Waals surface area contributed by atoms with Crippen molar-refractivity contribution >= 4 is 34.0 Å². The lowest BCUT2D eigenvalue weighted by atomic mass is 9.97. The van der Waals surface area contributed by atoms with Crippen LogP contribution in [0.4, 0.5) is 4.39 Å². The van der Waals surface area contributed by atoms with Gasteiger partial charge in [0.2, 0.25) is 11.9 Å². The Balaban J connectivity index is 0.000000129. The fraction of sp³-hybridized carbons (Fsp3) is 0.317. The van der Waals surface area contributed by atoms with Crippen LogP contribution in [0.5, 0.6) is 5.75 Å². The molecule has 0 saturated carbocycles. The predicted octanol–water partition coefficient (Wildman–Crippen LogP) is 8.46. The Hall–Kier alpha value is -8.86. The fourth-order valence-corrected chi connectivity index (χ4v) is 13.2. The van der Waals surface area contributed by atoms with E-state index in [1.807, 2.05) is 71.1 Å². The van der Waals surface area contributed by atoms with Crippen LogP contribution in [0.25, 0.3) is 43.6 Å². The number of aromatic nitrogens is 16. The molecule has 14 rings (SSSR count). The lowest BCUT2D eigenvalue weighted by Crippen LogP contribution is -2.35. The second-order valence-electron chi connectivity index (χ2n) is 21.4. The van der Waals surface area contributed by atoms with Crippen molar-refractivity contribution in [3.05, 3.63) is 205 Å². The Bertz CT molecular complexity index is 4130. The Kier molecular flexibility index (Phi) is 18.6. The molecule has 0 aliphatic carbocycles. The minimum absolute atomic E-state index is 0.0749. The monoisotopic (exact) mass is 1230 g/mol. The second-order valence-corrected chi connectivity index (χ2v) is 24.3. The van der Waals surface area contributed by atoms with Gasteiger partial charge in [0.25, 0.3) is 16.7 Å². The van der Waals surface area contributed by atoms with E-state index in [0.29, 0.717) is 30.7 Å². The summed E-state index contributed by atoms with van der Waals surface area (Å²) in [4.78, 5) is 103. The summed E-state index contributed by atoms with van der Waals surface area (Å²) < 4.78 is 21.6. The zero-order valence-corrected chi connectivity index (χ0v) is 49.9. The number of rotatable bonds is 15. The highest BCUT2D eigenvalue weighted by Crippen LogP contribution is 2.31. The van der Waals surface area contributed by atoms with Gasteiger partial charge in [-0.3, -0.25) is 38.2 Å². The van der Waals surface area contributed by atoms with Crippen LogP contribution in [-0.2, 0) is 19.6 Å². The van der Waals surface area contributed by atoms with Crippen molar-refractivity contribution in [1.82, 2.24) is 93.6 Å². The van der Waals surface area contributed by atoms with Gasteiger partial charge in [-0.25, -0.2) is 54.2 Å². The highest BCUT2D eigenvalue weighted by Gasteiger charge is 2.28. The number of hydrogen-bond donors (Lipinski definition) is 4. The Labute approximate surface area is 510 Å². The van der Waals surface area contributed by atoms with Crippen molar-refractivity contribution in [3.63, 3.8) is 0 Å². The first kappa shape index (κ1) is 58.5. The summed E-state index contributed by atoms with van der Waals surface area (Å²) in [6.07, 6.45) is 22.5. The molecule has 27 heteroatoms. The maximum atomic E-state index is 13.0. The molecule has 4 N–H and O–H groups in total. The molecule has 0 bridgehead atoms. The van der Waals surface area contributed by atoms with E-state index >= 15 is 0 Å². The van der Waals surface area contributed by atoms with Gasteiger partial charge in [-0.05, 0) is 92.5 Å². The van der Waals surface area contributed by atoms with Gasteiger partial charge >= 0.3 is 0 Å². The molecule has 446 valence electrons. The normalized spacial score (nSPS) is 17.5. The number of H-pyrrole nitrogens is 4. The number of piperidine rings is 3. The number of thiophene rings is 3. The standard InChI is InChI=1S/C22H23N7O2S.C21H20FN7OS.C17H19N5OS/c1-31-17-9-23-22(24-10-17)29-13-16(25-14-29)12-28-6-2-4-15(11-28)21-26-18(8-20(30)27-21)19-5-3-7-32-19;22-15-8-23-21(24-9-15)29-12-16(25-13-29)11-28-5-1-3-14(10-28)20-26-17(7-19(30)27-20)18-4-2-6-31-18;23-16-7-14(15-4-2-6-24-15)20-17(21-16)12-3-1-5-22(9-12)10-13-8-18-11-19-13/h3,5,7-10,13-15H,2,4,6,11-12H2,1H3,(H,26,27,30);2,4,6-9,12-14H,1,3,5,10-11H2,(H,26,27,30);2,4,6-8,11-12H,1,3,5,9-10H2,(H,18,19)(H,20,21,23). The third-order valence-electron chi connectivity index (χ3n) is 15.2. The summed E-state index contributed by atoms with van der Waals surface area (Å²) in [6, 6.07) is 16.6. The highest BCUT2D eigenvalue weighted by molar-refractivity contribution is 7.14. The minimum atomic E-state index is -0.474. The van der Waals surface area contributed by atoms with E-state index < -0.39 is 5.82 Å². The predicted molar refractivity (Wildman–Crippen MR) is 330 cm³/mol. The third-order valence-corrected chi connectivity index (χ3v) is 17.9. The molecule has 3 atom stereocenters. The van der Waals surface area contributed by atoms with Gasteiger partial charge in [0.1, 0.15) is 30.1 Å². The molecule has 3 saturated heterocycles. The number of likely N-dealkylation sites (tertiary alicyclic amines) is 3. The fourth-order valence-electron chi connectivity index (χ4n) is 11.1. The summed E-state index contributed by atoms with van der Waals surface area (Å²) in [5.41, 5.74) is 4.88. The quantitative estimate of drug-likeness (QED) is 0.0749. The van der Waals surface area contributed by atoms with Gasteiger partial charge < -0.3 is 24.7 Å². The zero-order valence-electron chi connectivity index (χ0n) is 47.5. The average Bonchev–Trinajstić information content (AvgIpc) is 3.48. The van der Waals surface area contributed by atoms with Gasteiger partial charge in [0.05, 0.1) is 81.3 Å². The molecule has 3 aliphatic rings. The van der Waals surface area contributed by atoms with Crippen molar-refractivity contribution in [2.24, 2.45) is 0 Å². The van der Waals surface area contributed by atoms with Gasteiger partial charge in [0, 0.05) is 99.5 Å². The van der Waals surface area contributed by atoms with Crippen LogP contribution in [0.3, 0.4) is 0 Å². The smallest absolute Gasteiger partial charge is 0.251 e. The average molecular weight is 1230 g/mol. The molecule has 0 amide bonds. The summed E-state index contributed by atoms with van der Waals surface area (Å²) in [6.45, 7) is 7.74. The lowest BCUT2D eigenvalue weighted by molar-refractivity contribution is 0.194. The molecule has 0 spiro atoms. The Morgan fingerprint density at radius 3 is 1.34 bits per heavy atom. The van der Waals surface area contributed by atoms with E-state index in [2.05, 4.69) is 69.5 Å². The molecule has 0 aromatic carbocycles. The number of methoxy groups -OCH3 is 1. The number of aromatic amines is 4. The van der Waals surface area contributed by atoms with Crippen LogP contribution in [0.2, 0.25) is 0 Å². The molecule has 3 aliphatic heterocycles. The first-order valence-corrected chi connectivity index (χ1v) is 31.2. The summed E-state index contributed by atoms with van der Waals surface area (Å²) in [7, 11) is 1.59. The first-order chi connectivity index (χ1) is 42.6.